The molecule has 0 saturated heterocycles. The Bertz CT molecular complexity index is 1120. The van der Waals surface area contributed by atoms with Crippen LogP contribution in [-0.2, 0) is 24.2 Å². The van der Waals surface area contributed by atoms with Crippen molar-refractivity contribution in [2.45, 2.75) is 58.4 Å². The summed E-state index contributed by atoms with van der Waals surface area (Å²) < 4.78 is 0. The van der Waals surface area contributed by atoms with Gasteiger partial charge in [-0.2, -0.15) is 0 Å². The van der Waals surface area contributed by atoms with E-state index in [1.54, 1.807) is 5.38 Å². The van der Waals surface area contributed by atoms with Gasteiger partial charge in [-0.05, 0) is 49.4 Å². The van der Waals surface area contributed by atoms with Crippen molar-refractivity contribution in [2.24, 2.45) is 5.92 Å². The molecule has 0 unspecified atom stereocenters. The minimum Gasteiger partial charge on any atom is -0.481 e. The Labute approximate surface area is 202 Å². The minimum absolute atomic E-state index is 0.150. The molecule has 1 amide bonds. The number of carbonyl (C=O) groups excluding carboxylic acids is 1. The zero-order valence-electron chi connectivity index (χ0n) is 18.7. The largest absolute Gasteiger partial charge is 0.481 e. The summed E-state index contributed by atoms with van der Waals surface area (Å²) in [6.45, 7) is 2.80. The van der Waals surface area contributed by atoms with Crippen LogP contribution in [0.15, 0.2) is 35.7 Å². The third kappa shape index (κ3) is 6.65. The molecule has 1 aromatic carbocycles. The standard InChI is InChI=1S/C25H29N3O3S2/c1-16-6-10-21(18(12-16)8-7-17-4-2-3-5-17)26-14-20-9-11-22(33-20)24(31)28-25-27-19(15-32-25)13-23(29)30/h6,9-12,15,17,26H,2-5,7-8,13-14H2,1H3,(H,29,30)(H,27,28,31). The van der Waals surface area contributed by atoms with Gasteiger partial charge in [-0.15, -0.1) is 22.7 Å². The molecule has 0 bridgehead atoms. The average Bonchev–Trinajstić information content (AvgIpc) is 3.54. The van der Waals surface area contributed by atoms with Crippen LogP contribution in [0.3, 0.4) is 0 Å². The summed E-state index contributed by atoms with van der Waals surface area (Å²) in [5.74, 6) is -0.298. The number of anilines is 2. The predicted octanol–water partition coefficient (Wildman–Crippen LogP) is 6.13. The van der Waals surface area contributed by atoms with Gasteiger partial charge < -0.3 is 10.4 Å². The van der Waals surface area contributed by atoms with Crippen LogP contribution in [0.4, 0.5) is 10.8 Å². The number of hydrogen-bond acceptors (Lipinski definition) is 6. The summed E-state index contributed by atoms with van der Waals surface area (Å²) in [6, 6.07) is 10.4. The van der Waals surface area contributed by atoms with E-state index >= 15 is 0 Å². The second kappa shape index (κ2) is 10.9. The lowest BCUT2D eigenvalue weighted by Crippen LogP contribution is -2.10. The monoisotopic (exact) mass is 483 g/mol. The molecule has 0 spiro atoms. The Morgan fingerprint density at radius 1 is 1.18 bits per heavy atom. The highest BCUT2D eigenvalue weighted by atomic mass is 32.1. The van der Waals surface area contributed by atoms with Gasteiger partial charge >= 0.3 is 5.97 Å². The first-order chi connectivity index (χ1) is 16.0. The maximum Gasteiger partial charge on any atom is 0.309 e. The maximum atomic E-state index is 12.6. The SMILES string of the molecule is Cc1ccc(NCc2ccc(C(=O)Nc3nc(CC(=O)O)cs3)s2)c(CCC2CCCC2)c1. The number of thiazole rings is 1. The summed E-state index contributed by atoms with van der Waals surface area (Å²) in [5, 5.41) is 17.3. The number of thiophene rings is 1. The summed E-state index contributed by atoms with van der Waals surface area (Å²) >= 11 is 2.68. The molecule has 1 aliphatic rings. The van der Waals surface area contributed by atoms with Crippen LogP contribution in [0, 0.1) is 12.8 Å². The van der Waals surface area contributed by atoms with Crippen LogP contribution in [-0.4, -0.2) is 22.0 Å². The number of carboxylic acid groups (broad SMARTS) is 1. The second-order valence-corrected chi connectivity index (χ2v) is 10.7. The highest BCUT2D eigenvalue weighted by Gasteiger charge is 2.16. The molecule has 0 atom stereocenters. The molecule has 174 valence electrons. The van der Waals surface area contributed by atoms with E-state index in [1.807, 2.05) is 12.1 Å². The van der Waals surface area contributed by atoms with E-state index in [9.17, 15) is 9.59 Å². The molecule has 1 aliphatic carbocycles. The predicted molar refractivity (Wildman–Crippen MR) is 135 cm³/mol. The van der Waals surface area contributed by atoms with E-state index in [0.717, 1.165) is 17.2 Å². The first-order valence-electron chi connectivity index (χ1n) is 11.4. The topological polar surface area (TPSA) is 91.3 Å². The van der Waals surface area contributed by atoms with Crippen molar-refractivity contribution >= 4 is 45.4 Å². The van der Waals surface area contributed by atoms with Crippen LogP contribution in [0.5, 0.6) is 0 Å². The van der Waals surface area contributed by atoms with Crippen molar-refractivity contribution in [3.63, 3.8) is 0 Å². The van der Waals surface area contributed by atoms with Gasteiger partial charge in [0.2, 0.25) is 0 Å². The molecule has 3 N–H and O–H groups in total. The van der Waals surface area contributed by atoms with E-state index < -0.39 is 5.97 Å². The summed E-state index contributed by atoms with van der Waals surface area (Å²) in [6.07, 6.45) is 7.71. The number of rotatable bonds is 10. The summed E-state index contributed by atoms with van der Waals surface area (Å²) in [4.78, 5) is 29.2. The number of carbonyl (C=O) groups is 2. The maximum absolute atomic E-state index is 12.6. The molecule has 2 aromatic heterocycles. The van der Waals surface area contributed by atoms with Crippen molar-refractivity contribution in [1.29, 1.82) is 0 Å². The van der Waals surface area contributed by atoms with Crippen LogP contribution in [0.1, 0.15) is 63.5 Å². The molecule has 4 rings (SSSR count). The first kappa shape index (κ1) is 23.4. The number of hydrogen-bond donors (Lipinski definition) is 3. The van der Waals surface area contributed by atoms with Crippen LogP contribution in [0.2, 0.25) is 0 Å². The first-order valence-corrected chi connectivity index (χ1v) is 13.1. The molecule has 6 nitrogen and oxygen atoms in total. The third-order valence-electron chi connectivity index (χ3n) is 6.00. The fourth-order valence-corrected chi connectivity index (χ4v) is 5.84. The Hall–Kier alpha value is -2.71. The van der Waals surface area contributed by atoms with E-state index in [1.165, 1.54) is 71.6 Å². The lowest BCUT2D eigenvalue weighted by Gasteiger charge is -2.15. The van der Waals surface area contributed by atoms with E-state index in [4.69, 9.17) is 5.11 Å². The van der Waals surface area contributed by atoms with Gasteiger partial charge in [0, 0.05) is 22.5 Å². The van der Waals surface area contributed by atoms with Gasteiger partial charge in [0.1, 0.15) is 0 Å². The van der Waals surface area contributed by atoms with Gasteiger partial charge in [0.15, 0.2) is 5.13 Å². The molecule has 1 saturated carbocycles. The molecular weight excluding hydrogens is 454 g/mol. The Morgan fingerprint density at radius 3 is 2.79 bits per heavy atom. The summed E-state index contributed by atoms with van der Waals surface area (Å²) in [5.41, 5.74) is 4.27. The Balaban J connectivity index is 1.33. The lowest BCUT2D eigenvalue weighted by molar-refractivity contribution is -0.136. The van der Waals surface area contributed by atoms with Crippen LogP contribution in [0.25, 0.3) is 0 Å². The Kier molecular flexibility index (Phi) is 7.77. The number of carboxylic acids is 1. The number of aryl methyl sites for hydroxylation is 2. The third-order valence-corrected chi connectivity index (χ3v) is 7.89. The highest BCUT2D eigenvalue weighted by Crippen LogP contribution is 2.30. The minimum atomic E-state index is -0.941. The van der Waals surface area contributed by atoms with E-state index in [0.29, 0.717) is 22.2 Å². The average molecular weight is 484 g/mol. The molecule has 0 radical (unpaired) electrons. The fraction of sp³-hybridized carbons (Fsp3) is 0.400. The zero-order valence-corrected chi connectivity index (χ0v) is 20.4. The van der Waals surface area contributed by atoms with Gasteiger partial charge in [0.25, 0.3) is 5.91 Å². The number of aliphatic carboxylic acids is 1. The quantitative estimate of drug-likeness (QED) is 0.323. The number of amides is 1. The van der Waals surface area contributed by atoms with Crippen LogP contribution < -0.4 is 10.6 Å². The van der Waals surface area contributed by atoms with Gasteiger partial charge in [-0.1, -0.05) is 43.4 Å². The zero-order chi connectivity index (χ0) is 23.2. The number of nitrogens with zero attached hydrogens (tertiary/aromatic N) is 1. The van der Waals surface area contributed by atoms with Gasteiger partial charge in [0.05, 0.1) is 17.0 Å². The Morgan fingerprint density at radius 2 is 2.00 bits per heavy atom. The lowest BCUT2D eigenvalue weighted by atomic mass is 9.96. The number of benzene rings is 1. The molecule has 0 aliphatic heterocycles. The van der Waals surface area contributed by atoms with E-state index in [-0.39, 0.29) is 12.3 Å². The molecule has 8 heteroatoms. The molecule has 33 heavy (non-hydrogen) atoms. The number of aromatic nitrogens is 1. The second-order valence-electron chi connectivity index (χ2n) is 8.64. The van der Waals surface area contributed by atoms with Crippen molar-refractivity contribution in [3.05, 3.63) is 62.3 Å². The van der Waals surface area contributed by atoms with Crippen molar-refractivity contribution in [2.75, 3.05) is 10.6 Å². The molecule has 3 aromatic rings. The molecule has 2 heterocycles. The normalized spacial score (nSPS) is 13.8. The van der Waals surface area contributed by atoms with E-state index in [2.05, 4.69) is 40.7 Å². The van der Waals surface area contributed by atoms with Crippen molar-refractivity contribution < 1.29 is 14.7 Å². The van der Waals surface area contributed by atoms with Crippen molar-refractivity contribution in [3.8, 4) is 0 Å². The molecule has 1 fully saturated rings. The van der Waals surface area contributed by atoms with Crippen LogP contribution >= 0.6 is 22.7 Å². The van der Waals surface area contributed by atoms with Gasteiger partial charge in [-0.3, -0.25) is 14.9 Å². The highest BCUT2D eigenvalue weighted by molar-refractivity contribution is 7.15. The van der Waals surface area contributed by atoms with Crippen molar-refractivity contribution in [1.82, 2.24) is 4.98 Å². The fourth-order valence-electron chi connectivity index (χ4n) is 4.30. The molecular formula is C25H29N3O3S2. The summed E-state index contributed by atoms with van der Waals surface area (Å²) in [7, 11) is 0. The number of nitrogens with one attached hydrogen (secondary N) is 2. The smallest absolute Gasteiger partial charge is 0.309 e. The van der Waals surface area contributed by atoms with Gasteiger partial charge in [-0.25, -0.2) is 4.98 Å².